The SMILES string of the molecule is C=CC(=O)OCC1COC(CCCC)O1. The zero-order valence-electron chi connectivity index (χ0n) is 9.11. The van der Waals surface area contributed by atoms with Crippen LogP contribution in [0.25, 0.3) is 0 Å². The Bertz CT molecular complexity index is 215. The molecule has 1 aliphatic rings. The molecule has 1 fully saturated rings. The van der Waals surface area contributed by atoms with Gasteiger partial charge in [0.25, 0.3) is 0 Å². The minimum Gasteiger partial charge on any atom is -0.460 e. The minimum atomic E-state index is -0.421. The molecule has 86 valence electrons. The van der Waals surface area contributed by atoms with Crippen molar-refractivity contribution in [2.45, 2.75) is 38.6 Å². The van der Waals surface area contributed by atoms with Gasteiger partial charge in [0.1, 0.15) is 12.7 Å². The predicted molar refractivity (Wildman–Crippen MR) is 55.3 cm³/mol. The van der Waals surface area contributed by atoms with Crippen LogP contribution in [-0.4, -0.2) is 31.6 Å². The predicted octanol–water partition coefficient (Wildman–Crippen LogP) is 1.65. The van der Waals surface area contributed by atoms with E-state index in [1.807, 2.05) is 0 Å². The molecular formula is C11H18O4. The quantitative estimate of drug-likeness (QED) is 0.498. The summed E-state index contributed by atoms with van der Waals surface area (Å²) in [6.07, 6.45) is 4.00. The van der Waals surface area contributed by atoms with Gasteiger partial charge in [0.15, 0.2) is 6.29 Å². The zero-order chi connectivity index (χ0) is 11.1. The fourth-order valence-corrected chi connectivity index (χ4v) is 1.35. The first kappa shape index (κ1) is 12.2. The summed E-state index contributed by atoms with van der Waals surface area (Å²) in [6, 6.07) is 0. The van der Waals surface area contributed by atoms with Gasteiger partial charge in [0.05, 0.1) is 6.61 Å². The standard InChI is InChI=1S/C11H18O4/c1-3-5-6-11-14-8-9(15-11)7-13-10(12)4-2/h4,9,11H,2-3,5-8H2,1H3. The summed E-state index contributed by atoms with van der Waals surface area (Å²) in [4.78, 5) is 10.8. The molecule has 0 aliphatic carbocycles. The van der Waals surface area contributed by atoms with E-state index in [-0.39, 0.29) is 19.0 Å². The van der Waals surface area contributed by atoms with Crippen LogP contribution >= 0.6 is 0 Å². The largest absolute Gasteiger partial charge is 0.460 e. The molecule has 2 atom stereocenters. The van der Waals surface area contributed by atoms with Gasteiger partial charge in [-0.3, -0.25) is 0 Å². The summed E-state index contributed by atoms with van der Waals surface area (Å²) < 4.78 is 15.8. The lowest BCUT2D eigenvalue weighted by molar-refractivity contribution is -0.142. The van der Waals surface area contributed by atoms with Gasteiger partial charge >= 0.3 is 5.97 Å². The van der Waals surface area contributed by atoms with Crippen LogP contribution in [0.15, 0.2) is 12.7 Å². The van der Waals surface area contributed by atoms with Crippen LogP contribution in [0.1, 0.15) is 26.2 Å². The molecule has 4 heteroatoms. The fraction of sp³-hybridized carbons (Fsp3) is 0.727. The Hall–Kier alpha value is -0.870. The van der Waals surface area contributed by atoms with Crippen molar-refractivity contribution in [1.82, 2.24) is 0 Å². The van der Waals surface area contributed by atoms with E-state index >= 15 is 0 Å². The van der Waals surface area contributed by atoms with Crippen molar-refractivity contribution in [3.05, 3.63) is 12.7 Å². The molecular weight excluding hydrogens is 196 g/mol. The third-order valence-electron chi connectivity index (χ3n) is 2.18. The fourth-order valence-electron chi connectivity index (χ4n) is 1.35. The summed E-state index contributed by atoms with van der Waals surface area (Å²) >= 11 is 0. The van der Waals surface area contributed by atoms with E-state index in [9.17, 15) is 4.79 Å². The maximum absolute atomic E-state index is 10.8. The first-order chi connectivity index (χ1) is 7.26. The highest BCUT2D eigenvalue weighted by Gasteiger charge is 2.26. The van der Waals surface area contributed by atoms with E-state index in [0.29, 0.717) is 6.61 Å². The molecule has 1 saturated heterocycles. The molecule has 15 heavy (non-hydrogen) atoms. The Labute approximate surface area is 90.2 Å². The lowest BCUT2D eigenvalue weighted by Crippen LogP contribution is -2.20. The van der Waals surface area contributed by atoms with Gasteiger partial charge < -0.3 is 14.2 Å². The van der Waals surface area contributed by atoms with Gasteiger partial charge in [-0.1, -0.05) is 19.9 Å². The van der Waals surface area contributed by atoms with Gasteiger partial charge in [-0.25, -0.2) is 4.79 Å². The van der Waals surface area contributed by atoms with E-state index in [1.54, 1.807) is 0 Å². The summed E-state index contributed by atoms with van der Waals surface area (Å²) in [5.41, 5.74) is 0. The number of rotatable bonds is 6. The molecule has 1 heterocycles. The maximum atomic E-state index is 10.8. The summed E-state index contributed by atoms with van der Waals surface area (Å²) in [5, 5.41) is 0. The third kappa shape index (κ3) is 4.44. The van der Waals surface area contributed by atoms with E-state index in [1.165, 1.54) is 0 Å². The molecule has 0 aromatic carbocycles. The summed E-state index contributed by atoms with van der Waals surface area (Å²) in [7, 11) is 0. The Morgan fingerprint density at radius 3 is 3.13 bits per heavy atom. The van der Waals surface area contributed by atoms with Crippen LogP contribution < -0.4 is 0 Å². The third-order valence-corrected chi connectivity index (χ3v) is 2.18. The van der Waals surface area contributed by atoms with Gasteiger partial charge in [-0.05, 0) is 12.8 Å². The van der Waals surface area contributed by atoms with Crippen LogP contribution in [-0.2, 0) is 19.0 Å². The average Bonchev–Trinajstić information content (AvgIpc) is 2.71. The Morgan fingerprint density at radius 2 is 2.47 bits per heavy atom. The van der Waals surface area contributed by atoms with Crippen LogP contribution in [0.5, 0.6) is 0 Å². The van der Waals surface area contributed by atoms with Gasteiger partial charge in [-0.15, -0.1) is 0 Å². The molecule has 1 aliphatic heterocycles. The second kappa shape index (κ2) is 6.58. The zero-order valence-corrected chi connectivity index (χ0v) is 9.11. The Morgan fingerprint density at radius 1 is 1.67 bits per heavy atom. The normalized spacial score (nSPS) is 25.1. The van der Waals surface area contributed by atoms with Gasteiger partial charge in [-0.2, -0.15) is 0 Å². The van der Waals surface area contributed by atoms with Crippen LogP contribution in [0, 0.1) is 0 Å². The lowest BCUT2D eigenvalue weighted by Gasteiger charge is -2.10. The minimum absolute atomic E-state index is 0.127. The molecule has 0 radical (unpaired) electrons. The van der Waals surface area contributed by atoms with Crippen molar-refractivity contribution in [1.29, 1.82) is 0 Å². The molecule has 0 saturated carbocycles. The summed E-state index contributed by atoms with van der Waals surface area (Å²) in [5.74, 6) is -0.421. The summed E-state index contributed by atoms with van der Waals surface area (Å²) in [6.45, 7) is 6.18. The van der Waals surface area contributed by atoms with Crippen LogP contribution in [0.3, 0.4) is 0 Å². The highest BCUT2D eigenvalue weighted by atomic mass is 16.7. The number of carbonyl (C=O) groups is 1. The van der Waals surface area contributed by atoms with E-state index < -0.39 is 5.97 Å². The highest BCUT2D eigenvalue weighted by Crippen LogP contribution is 2.16. The number of hydrogen-bond acceptors (Lipinski definition) is 4. The number of carbonyl (C=O) groups excluding carboxylic acids is 1. The first-order valence-electron chi connectivity index (χ1n) is 5.32. The van der Waals surface area contributed by atoms with Crippen molar-refractivity contribution >= 4 is 5.97 Å². The monoisotopic (exact) mass is 214 g/mol. The van der Waals surface area contributed by atoms with Crippen LogP contribution in [0.4, 0.5) is 0 Å². The Kier molecular flexibility index (Phi) is 5.36. The average molecular weight is 214 g/mol. The van der Waals surface area contributed by atoms with Gasteiger partial charge in [0.2, 0.25) is 0 Å². The van der Waals surface area contributed by atoms with Gasteiger partial charge in [0, 0.05) is 6.08 Å². The topological polar surface area (TPSA) is 44.8 Å². The number of hydrogen-bond donors (Lipinski definition) is 0. The number of esters is 1. The number of ether oxygens (including phenoxy) is 3. The molecule has 4 nitrogen and oxygen atoms in total. The molecule has 1 rings (SSSR count). The maximum Gasteiger partial charge on any atom is 0.330 e. The van der Waals surface area contributed by atoms with Crippen molar-refractivity contribution in [3.63, 3.8) is 0 Å². The Balaban J connectivity index is 2.13. The highest BCUT2D eigenvalue weighted by molar-refractivity contribution is 5.81. The van der Waals surface area contributed by atoms with Crippen molar-refractivity contribution in [2.24, 2.45) is 0 Å². The van der Waals surface area contributed by atoms with Crippen molar-refractivity contribution < 1.29 is 19.0 Å². The first-order valence-corrected chi connectivity index (χ1v) is 5.32. The van der Waals surface area contributed by atoms with E-state index in [2.05, 4.69) is 13.5 Å². The number of unbranched alkanes of at least 4 members (excludes halogenated alkanes) is 1. The molecule has 2 unspecified atom stereocenters. The van der Waals surface area contributed by atoms with E-state index in [4.69, 9.17) is 14.2 Å². The molecule has 0 amide bonds. The second-order valence-electron chi connectivity index (χ2n) is 3.50. The second-order valence-corrected chi connectivity index (χ2v) is 3.50. The molecule has 0 aromatic rings. The van der Waals surface area contributed by atoms with E-state index in [0.717, 1.165) is 25.3 Å². The van der Waals surface area contributed by atoms with Crippen LogP contribution in [0.2, 0.25) is 0 Å². The van der Waals surface area contributed by atoms with Crippen molar-refractivity contribution in [2.75, 3.05) is 13.2 Å². The molecule has 0 N–H and O–H groups in total. The lowest BCUT2D eigenvalue weighted by atomic mass is 10.2. The molecule has 0 bridgehead atoms. The smallest absolute Gasteiger partial charge is 0.330 e. The molecule has 0 spiro atoms. The van der Waals surface area contributed by atoms with Crippen molar-refractivity contribution in [3.8, 4) is 0 Å². The molecule has 0 aromatic heterocycles.